The van der Waals surface area contributed by atoms with Gasteiger partial charge in [0.05, 0.1) is 5.02 Å². The molecule has 19 heavy (non-hydrogen) atoms. The molecule has 1 N–H and O–H groups in total. The van der Waals surface area contributed by atoms with Crippen molar-refractivity contribution in [1.82, 2.24) is 15.2 Å². The fourth-order valence-corrected chi connectivity index (χ4v) is 3.00. The van der Waals surface area contributed by atoms with Crippen molar-refractivity contribution < 1.29 is 0 Å². The third-order valence-electron chi connectivity index (χ3n) is 3.95. The molecule has 2 unspecified atom stereocenters. The summed E-state index contributed by atoms with van der Waals surface area (Å²) in [6.45, 7) is 7.64. The molecular formula is C15H24ClN3. The molecule has 1 aliphatic rings. The van der Waals surface area contributed by atoms with E-state index in [1.807, 2.05) is 12.3 Å². The van der Waals surface area contributed by atoms with Crippen molar-refractivity contribution in [3.05, 3.63) is 29.0 Å². The minimum atomic E-state index is 0.609. The molecule has 106 valence electrons. The predicted molar refractivity (Wildman–Crippen MR) is 80.4 cm³/mol. The molecule has 1 saturated heterocycles. The molecule has 2 atom stereocenters. The molecule has 0 radical (unpaired) electrons. The zero-order chi connectivity index (χ0) is 13.7. The van der Waals surface area contributed by atoms with Crippen LogP contribution in [-0.2, 0) is 6.54 Å². The van der Waals surface area contributed by atoms with Gasteiger partial charge in [-0.05, 0) is 24.5 Å². The van der Waals surface area contributed by atoms with Crippen molar-refractivity contribution in [1.29, 1.82) is 0 Å². The predicted octanol–water partition coefficient (Wildman–Crippen LogP) is 3.09. The van der Waals surface area contributed by atoms with Crippen molar-refractivity contribution in [2.24, 2.45) is 0 Å². The molecule has 3 nitrogen and oxygen atoms in total. The Labute approximate surface area is 121 Å². The first-order valence-electron chi connectivity index (χ1n) is 7.30. The maximum atomic E-state index is 6.23. The monoisotopic (exact) mass is 281 g/mol. The highest BCUT2D eigenvalue weighted by Crippen LogP contribution is 2.20. The van der Waals surface area contributed by atoms with Crippen molar-refractivity contribution >= 4 is 11.6 Å². The van der Waals surface area contributed by atoms with Gasteiger partial charge < -0.3 is 5.32 Å². The van der Waals surface area contributed by atoms with E-state index in [1.54, 1.807) is 6.20 Å². The number of nitrogens with one attached hydrogen (secondary N) is 1. The van der Waals surface area contributed by atoms with E-state index in [2.05, 4.69) is 29.0 Å². The molecular weight excluding hydrogens is 258 g/mol. The molecule has 2 heterocycles. The Morgan fingerprint density at radius 2 is 2.32 bits per heavy atom. The maximum absolute atomic E-state index is 6.23. The van der Waals surface area contributed by atoms with E-state index in [0.717, 1.165) is 24.7 Å². The zero-order valence-electron chi connectivity index (χ0n) is 11.9. The minimum absolute atomic E-state index is 0.609. The molecule has 0 aromatic carbocycles. The van der Waals surface area contributed by atoms with Crippen LogP contribution in [0.5, 0.6) is 0 Å². The molecule has 1 fully saturated rings. The van der Waals surface area contributed by atoms with E-state index in [1.165, 1.54) is 24.8 Å². The second-order valence-electron chi connectivity index (χ2n) is 5.35. The first kappa shape index (κ1) is 14.8. The molecule has 0 amide bonds. The van der Waals surface area contributed by atoms with Crippen LogP contribution in [0.25, 0.3) is 0 Å². The van der Waals surface area contributed by atoms with Crippen LogP contribution >= 0.6 is 11.6 Å². The summed E-state index contributed by atoms with van der Waals surface area (Å²) in [6, 6.07) is 3.26. The zero-order valence-corrected chi connectivity index (χ0v) is 12.7. The summed E-state index contributed by atoms with van der Waals surface area (Å²) < 4.78 is 0. The van der Waals surface area contributed by atoms with Crippen molar-refractivity contribution in [3.8, 4) is 0 Å². The quantitative estimate of drug-likeness (QED) is 0.899. The summed E-state index contributed by atoms with van der Waals surface area (Å²) in [7, 11) is 0. The summed E-state index contributed by atoms with van der Waals surface area (Å²) in [4.78, 5) is 6.63. The van der Waals surface area contributed by atoms with E-state index < -0.39 is 0 Å². The average Bonchev–Trinajstić information content (AvgIpc) is 2.42. The van der Waals surface area contributed by atoms with Crippen LogP contribution < -0.4 is 5.32 Å². The summed E-state index contributed by atoms with van der Waals surface area (Å²) in [5.41, 5.74) is 1.19. The van der Waals surface area contributed by atoms with E-state index in [-0.39, 0.29) is 0 Å². The van der Waals surface area contributed by atoms with Gasteiger partial charge in [0.25, 0.3) is 0 Å². The van der Waals surface area contributed by atoms with Gasteiger partial charge in [0.15, 0.2) is 0 Å². The topological polar surface area (TPSA) is 28.2 Å². The third-order valence-corrected chi connectivity index (χ3v) is 4.29. The summed E-state index contributed by atoms with van der Waals surface area (Å²) >= 11 is 6.23. The van der Waals surface area contributed by atoms with Crippen molar-refractivity contribution in [2.75, 3.05) is 13.1 Å². The molecule has 0 saturated carbocycles. The molecule has 4 heteroatoms. The third kappa shape index (κ3) is 3.91. The number of rotatable bonds is 5. The van der Waals surface area contributed by atoms with E-state index in [4.69, 9.17) is 11.6 Å². The highest BCUT2D eigenvalue weighted by Gasteiger charge is 2.26. The second-order valence-corrected chi connectivity index (χ2v) is 5.76. The second kappa shape index (κ2) is 7.22. The Bertz CT molecular complexity index is 397. The highest BCUT2D eigenvalue weighted by molar-refractivity contribution is 6.31. The summed E-state index contributed by atoms with van der Waals surface area (Å²) in [6.07, 6.45) is 7.22. The van der Waals surface area contributed by atoms with E-state index >= 15 is 0 Å². The fraction of sp³-hybridized carbons (Fsp3) is 0.667. The Balaban J connectivity index is 2.04. The molecule has 2 rings (SSSR count). The van der Waals surface area contributed by atoms with Crippen LogP contribution in [0, 0.1) is 0 Å². The van der Waals surface area contributed by atoms with Gasteiger partial charge in [0.1, 0.15) is 0 Å². The normalized spacial score (nSPS) is 24.6. The number of hydrogen-bond donors (Lipinski definition) is 1. The van der Waals surface area contributed by atoms with Gasteiger partial charge >= 0.3 is 0 Å². The highest BCUT2D eigenvalue weighted by atomic mass is 35.5. The minimum Gasteiger partial charge on any atom is -0.311 e. The summed E-state index contributed by atoms with van der Waals surface area (Å²) in [5, 5.41) is 4.44. The van der Waals surface area contributed by atoms with Gasteiger partial charge in [-0.1, -0.05) is 31.9 Å². The number of halogens is 1. The van der Waals surface area contributed by atoms with Crippen LogP contribution in [0.3, 0.4) is 0 Å². The molecule has 0 bridgehead atoms. The van der Waals surface area contributed by atoms with Gasteiger partial charge in [-0.15, -0.1) is 0 Å². The number of hydrogen-bond acceptors (Lipinski definition) is 3. The van der Waals surface area contributed by atoms with E-state index in [9.17, 15) is 0 Å². The first-order chi connectivity index (χ1) is 9.24. The fourth-order valence-electron chi connectivity index (χ4n) is 2.82. The number of pyridine rings is 1. The summed E-state index contributed by atoms with van der Waals surface area (Å²) in [5.74, 6) is 0. The average molecular weight is 282 g/mol. The molecule has 1 aromatic rings. The van der Waals surface area contributed by atoms with Crippen LogP contribution in [0.4, 0.5) is 0 Å². The van der Waals surface area contributed by atoms with Crippen LogP contribution in [-0.4, -0.2) is 35.1 Å². The first-order valence-corrected chi connectivity index (χ1v) is 7.68. The van der Waals surface area contributed by atoms with Crippen molar-refractivity contribution in [3.63, 3.8) is 0 Å². The van der Waals surface area contributed by atoms with E-state index in [0.29, 0.717) is 12.1 Å². The van der Waals surface area contributed by atoms with Gasteiger partial charge in [0, 0.05) is 44.1 Å². The van der Waals surface area contributed by atoms with Crippen LogP contribution in [0.15, 0.2) is 18.5 Å². The molecule has 1 aliphatic heterocycles. The Morgan fingerprint density at radius 1 is 1.47 bits per heavy atom. The van der Waals surface area contributed by atoms with Crippen LogP contribution in [0.2, 0.25) is 5.02 Å². The number of aromatic nitrogens is 1. The lowest BCUT2D eigenvalue weighted by atomic mass is 10.0. The largest absolute Gasteiger partial charge is 0.311 e. The van der Waals surface area contributed by atoms with Crippen LogP contribution in [0.1, 0.15) is 38.7 Å². The number of nitrogens with zero attached hydrogens (tertiary/aromatic N) is 2. The molecule has 0 spiro atoms. The maximum Gasteiger partial charge on any atom is 0.0634 e. The Morgan fingerprint density at radius 3 is 3.00 bits per heavy atom. The Kier molecular flexibility index (Phi) is 5.61. The smallest absolute Gasteiger partial charge is 0.0634 e. The van der Waals surface area contributed by atoms with Gasteiger partial charge in [-0.2, -0.15) is 0 Å². The van der Waals surface area contributed by atoms with Gasteiger partial charge in [-0.3, -0.25) is 9.88 Å². The molecule has 0 aliphatic carbocycles. The number of piperazine rings is 1. The van der Waals surface area contributed by atoms with Gasteiger partial charge in [-0.25, -0.2) is 0 Å². The molecule has 1 aromatic heterocycles. The Hall–Kier alpha value is -0.640. The van der Waals surface area contributed by atoms with Crippen molar-refractivity contribution in [2.45, 2.75) is 51.7 Å². The lowest BCUT2D eigenvalue weighted by molar-refractivity contribution is 0.115. The lowest BCUT2D eigenvalue weighted by Crippen LogP contribution is -2.55. The van der Waals surface area contributed by atoms with Gasteiger partial charge in [0.2, 0.25) is 0 Å². The SMILES string of the molecule is CCCC1CN(Cc2ccncc2Cl)C(CC)CN1. The lowest BCUT2D eigenvalue weighted by Gasteiger charge is -2.40. The standard InChI is InChI=1S/C15H24ClN3/c1-3-5-13-11-19(14(4-2)8-18-13)10-12-6-7-17-9-15(12)16/h6-7,9,13-14,18H,3-5,8,10-11H2,1-2H3.